The monoisotopic (exact) mass is 344 g/mol. The zero-order valence-electron chi connectivity index (χ0n) is 13.4. The van der Waals surface area contributed by atoms with Crippen molar-refractivity contribution in [2.24, 2.45) is 5.92 Å². The zero-order valence-corrected chi connectivity index (χ0v) is 14.2. The minimum Gasteiger partial charge on any atom is -0.354 e. The van der Waals surface area contributed by atoms with Gasteiger partial charge in [-0.2, -0.15) is 0 Å². The fourth-order valence-corrected chi connectivity index (χ4v) is 3.40. The molecular formula is C17H20N4O2S. The van der Waals surface area contributed by atoms with Crippen LogP contribution in [0.5, 0.6) is 0 Å². The predicted molar refractivity (Wildman–Crippen MR) is 94.1 cm³/mol. The van der Waals surface area contributed by atoms with Gasteiger partial charge in [0.25, 0.3) is 0 Å². The first-order valence-electron chi connectivity index (χ1n) is 7.95. The molecule has 0 bridgehead atoms. The Morgan fingerprint density at radius 1 is 1.38 bits per heavy atom. The number of carbonyl (C=O) groups excluding carboxylic acids is 2. The van der Waals surface area contributed by atoms with Gasteiger partial charge in [-0.3, -0.25) is 10.1 Å². The first-order valence-corrected chi connectivity index (χ1v) is 8.83. The average molecular weight is 344 g/mol. The molecule has 2 heterocycles. The first kappa shape index (κ1) is 16.4. The summed E-state index contributed by atoms with van der Waals surface area (Å²) in [5.41, 5.74) is 2.08. The molecule has 1 aromatic heterocycles. The molecule has 7 heteroatoms. The molecule has 1 aromatic carbocycles. The van der Waals surface area contributed by atoms with Crippen LogP contribution in [0.25, 0.3) is 0 Å². The van der Waals surface area contributed by atoms with E-state index >= 15 is 0 Å². The summed E-state index contributed by atoms with van der Waals surface area (Å²) >= 11 is 1.38. The molecule has 1 aliphatic rings. The Balaban J connectivity index is 1.56. The summed E-state index contributed by atoms with van der Waals surface area (Å²) in [7, 11) is 0. The lowest BCUT2D eigenvalue weighted by Crippen LogP contribution is -2.55. The van der Waals surface area contributed by atoms with Gasteiger partial charge in [0.05, 0.1) is 5.69 Å². The fourth-order valence-electron chi connectivity index (χ4n) is 2.69. The van der Waals surface area contributed by atoms with Crippen LogP contribution in [0.15, 0.2) is 35.7 Å². The van der Waals surface area contributed by atoms with Gasteiger partial charge in [0.2, 0.25) is 5.91 Å². The summed E-state index contributed by atoms with van der Waals surface area (Å²) in [6.45, 7) is 2.63. The highest BCUT2D eigenvalue weighted by molar-refractivity contribution is 7.13. The number of carbonyl (C=O) groups is 2. The topological polar surface area (TPSA) is 83.1 Å². The van der Waals surface area contributed by atoms with Gasteiger partial charge in [0.15, 0.2) is 5.13 Å². The second-order valence-electron chi connectivity index (χ2n) is 5.94. The van der Waals surface area contributed by atoms with Crippen LogP contribution in [-0.4, -0.2) is 29.5 Å². The Morgan fingerprint density at radius 3 is 2.92 bits per heavy atom. The normalized spacial score (nSPS) is 20.3. The molecule has 0 saturated carbocycles. The zero-order chi connectivity index (χ0) is 16.9. The quantitative estimate of drug-likeness (QED) is 0.796. The minimum absolute atomic E-state index is 0.120. The highest BCUT2D eigenvalue weighted by Gasteiger charge is 2.30. The molecule has 3 amide bonds. The van der Waals surface area contributed by atoms with E-state index in [0.717, 1.165) is 18.5 Å². The maximum Gasteiger partial charge on any atom is 0.321 e. The number of nitrogens with zero attached hydrogens (tertiary/aromatic N) is 1. The van der Waals surface area contributed by atoms with Crippen LogP contribution in [0.1, 0.15) is 24.6 Å². The van der Waals surface area contributed by atoms with E-state index in [4.69, 9.17) is 0 Å². The molecule has 1 fully saturated rings. The number of amides is 3. The number of hydrogen-bond acceptors (Lipinski definition) is 4. The van der Waals surface area contributed by atoms with E-state index in [1.54, 1.807) is 0 Å². The molecule has 126 valence electrons. The van der Waals surface area contributed by atoms with Gasteiger partial charge in [0.1, 0.15) is 6.04 Å². The molecule has 1 saturated heterocycles. The molecule has 0 aliphatic carbocycles. The van der Waals surface area contributed by atoms with Crippen molar-refractivity contribution in [2.75, 3.05) is 11.9 Å². The van der Waals surface area contributed by atoms with Gasteiger partial charge < -0.3 is 10.6 Å². The molecule has 24 heavy (non-hydrogen) atoms. The van der Waals surface area contributed by atoms with E-state index in [9.17, 15) is 9.59 Å². The van der Waals surface area contributed by atoms with Crippen LogP contribution in [0.4, 0.5) is 9.93 Å². The molecule has 0 unspecified atom stereocenters. The van der Waals surface area contributed by atoms with E-state index in [0.29, 0.717) is 11.7 Å². The van der Waals surface area contributed by atoms with Gasteiger partial charge in [-0.25, -0.2) is 9.78 Å². The summed E-state index contributed by atoms with van der Waals surface area (Å²) in [6, 6.07) is 9.15. The smallest absolute Gasteiger partial charge is 0.321 e. The predicted octanol–water partition coefficient (Wildman–Crippen LogP) is 2.38. The third-order valence-electron chi connectivity index (χ3n) is 4.04. The molecule has 6 nitrogen and oxygen atoms in total. The maximum atomic E-state index is 12.1. The fraction of sp³-hybridized carbons (Fsp3) is 0.353. The molecule has 2 aromatic rings. The average Bonchev–Trinajstić information content (AvgIpc) is 2.99. The highest BCUT2D eigenvalue weighted by Crippen LogP contribution is 2.18. The van der Waals surface area contributed by atoms with Crippen LogP contribution >= 0.6 is 11.3 Å². The number of rotatable bonds is 4. The Hall–Kier alpha value is -2.41. The van der Waals surface area contributed by atoms with E-state index in [2.05, 4.69) is 20.9 Å². The van der Waals surface area contributed by atoms with E-state index in [-0.39, 0.29) is 11.8 Å². The van der Waals surface area contributed by atoms with Crippen LogP contribution in [0.2, 0.25) is 0 Å². The van der Waals surface area contributed by atoms with Crippen LogP contribution in [0, 0.1) is 5.92 Å². The Bertz CT molecular complexity index is 716. The molecule has 3 rings (SSSR count). The Kier molecular flexibility index (Phi) is 5.10. The number of urea groups is 1. The van der Waals surface area contributed by atoms with Crippen LogP contribution in [0.3, 0.4) is 0 Å². The molecule has 2 atom stereocenters. The van der Waals surface area contributed by atoms with Crippen molar-refractivity contribution in [3.63, 3.8) is 0 Å². The molecular weight excluding hydrogens is 324 g/mol. The third-order valence-corrected chi connectivity index (χ3v) is 4.84. The standard InChI is InChI=1S/C17H20N4O2S/c1-11-7-8-18-15(22)14(11)20-16(23)21-17-19-13(10-24-17)9-12-5-3-2-4-6-12/h2-6,10-11,14H,7-9H2,1H3,(H,18,22)(H2,19,20,21,23)/t11-,14+/m1/s1. The molecule has 0 radical (unpaired) electrons. The van der Waals surface area contributed by atoms with Gasteiger partial charge in [-0.1, -0.05) is 37.3 Å². The van der Waals surface area contributed by atoms with Crippen molar-refractivity contribution in [2.45, 2.75) is 25.8 Å². The number of benzene rings is 1. The van der Waals surface area contributed by atoms with Crippen molar-refractivity contribution in [3.8, 4) is 0 Å². The SMILES string of the molecule is C[C@@H]1CCNC(=O)[C@H]1NC(=O)Nc1nc(Cc2ccccc2)cs1. The van der Waals surface area contributed by atoms with Crippen LogP contribution < -0.4 is 16.0 Å². The lowest BCUT2D eigenvalue weighted by molar-refractivity contribution is -0.125. The van der Waals surface area contributed by atoms with E-state index < -0.39 is 12.1 Å². The molecule has 3 N–H and O–H groups in total. The van der Waals surface area contributed by atoms with E-state index in [1.165, 1.54) is 16.9 Å². The minimum atomic E-state index is -0.498. The van der Waals surface area contributed by atoms with Crippen molar-refractivity contribution >= 4 is 28.4 Å². The van der Waals surface area contributed by atoms with Gasteiger partial charge in [-0.15, -0.1) is 11.3 Å². The summed E-state index contributed by atoms with van der Waals surface area (Å²) in [6.07, 6.45) is 1.58. The van der Waals surface area contributed by atoms with Crippen molar-refractivity contribution in [1.29, 1.82) is 0 Å². The number of piperidine rings is 1. The summed E-state index contributed by atoms with van der Waals surface area (Å²) < 4.78 is 0. The number of hydrogen-bond donors (Lipinski definition) is 3. The third kappa shape index (κ3) is 4.11. The lowest BCUT2D eigenvalue weighted by Gasteiger charge is -2.28. The summed E-state index contributed by atoms with van der Waals surface area (Å²) in [5, 5.41) is 10.7. The number of nitrogens with one attached hydrogen (secondary N) is 3. The number of thiazole rings is 1. The number of anilines is 1. The summed E-state index contributed by atoms with van der Waals surface area (Å²) in [4.78, 5) is 28.4. The highest BCUT2D eigenvalue weighted by atomic mass is 32.1. The van der Waals surface area contributed by atoms with Crippen LogP contribution in [-0.2, 0) is 11.2 Å². The van der Waals surface area contributed by atoms with Gasteiger partial charge in [-0.05, 0) is 17.9 Å². The first-order chi connectivity index (χ1) is 11.6. The van der Waals surface area contributed by atoms with Crippen molar-refractivity contribution in [3.05, 3.63) is 47.0 Å². The Labute approximate surface area is 144 Å². The summed E-state index contributed by atoms with van der Waals surface area (Å²) in [5.74, 6) is -0.0118. The van der Waals surface area contributed by atoms with E-state index in [1.807, 2.05) is 42.6 Å². The molecule has 1 aliphatic heterocycles. The van der Waals surface area contributed by atoms with Crippen molar-refractivity contribution in [1.82, 2.24) is 15.6 Å². The van der Waals surface area contributed by atoms with Gasteiger partial charge >= 0.3 is 6.03 Å². The lowest BCUT2D eigenvalue weighted by atomic mass is 9.94. The molecule has 0 spiro atoms. The maximum absolute atomic E-state index is 12.1. The number of aromatic nitrogens is 1. The van der Waals surface area contributed by atoms with Gasteiger partial charge in [0, 0.05) is 18.3 Å². The van der Waals surface area contributed by atoms with Crippen molar-refractivity contribution < 1.29 is 9.59 Å². The Morgan fingerprint density at radius 2 is 2.17 bits per heavy atom. The second-order valence-corrected chi connectivity index (χ2v) is 6.80. The largest absolute Gasteiger partial charge is 0.354 e. The second kappa shape index (κ2) is 7.44.